The second-order valence-corrected chi connectivity index (χ2v) is 9.76. The molecular weight excluding hydrogens is 418 g/mol. The lowest BCUT2D eigenvalue weighted by atomic mass is 10.2. The van der Waals surface area contributed by atoms with Crippen molar-refractivity contribution in [2.24, 2.45) is 0 Å². The summed E-state index contributed by atoms with van der Waals surface area (Å²) < 4.78 is 26.0. The zero-order valence-corrected chi connectivity index (χ0v) is 17.8. The summed E-state index contributed by atoms with van der Waals surface area (Å²) in [4.78, 5) is 14.2. The van der Waals surface area contributed by atoms with Gasteiger partial charge in [-0.1, -0.05) is 37.3 Å². The quantitative estimate of drug-likeness (QED) is 0.476. The molecule has 0 saturated carbocycles. The summed E-state index contributed by atoms with van der Waals surface area (Å²) in [5.74, 6) is -0.358. The van der Waals surface area contributed by atoms with Gasteiger partial charge in [-0.25, -0.2) is 13.1 Å². The van der Waals surface area contributed by atoms with Gasteiger partial charge in [-0.3, -0.25) is 4.79 Å². The van der Waals surface area contributed by atoms with E-state index >= 15 is 0 Å². The van der Waals surface area contributed by atoms with Crippen LogP contribution in [0.25, 0.3) is 16.3 Å². The molecule has 30 heavy (non-hydrogen) atoms. The minimum atomic E-state index is -3.36. The first-order valence-corrected chi connectivity index (χ1v) is 11.8. The van der Waals surface area contributed by atoms with Gasteiger partial charge in [-0.05, 0) is 41.8 Å². The molecule has 2 heterocycles. The van der Waals surface area contributed by atoms with E-state index in [1.807, 2.05) is 47.8 Å². The third kappa shape index (κ3) is 4.05. The smallest absolute Gasteiger partial charge is 0.259 e. The molecule has 2 aromatic heterocycles. The maximum Gasteiger partial charge on any atom is 0.259 e. The number of para-hydroxylation sites is 1. The molecule has 0 aliphatic heterocycles. The van der Waals surface area contributed by atoms with E-state index in [1.165, 1.54) is 23.5 Å². The van der Waals surface area contributed by atoms with Crippen molar-refractivity contribution in [2.45, 2.75) is 11.8 Å². The van der Waals surface area contributed by atoms with Crippen LogP contribution >= 0.6 is 11.3 Å². The monoisotopic (exact) mass is 437 g/mol. The predicted molar refractivity (Wildman–Crippen MR) is 119 cm³/mol. The van der Waals surface area contributed by atoms with Crippen molar-refractivity contribution >= 4 is 32.8 Å². The summed E-state index contributed by atoms with van der Waals surface area (Å²) in [6, 6.07) is 19.6. The first kappa shape index (κ1) is 20.1. The van der Waals surface area contributed by atoms with Gasteiger partial charge in [0.2, 0.25) is 0 Å². The standard InChI is InChI=1S/C22H19N3O3S2/c1-2-30(27,28)18-11-6-8-16(14-18)23-22(26)19-15-25(17-9-4-3-5-10-17)24-21(19)20-12-7-13-29-20/h3-15H,2H2,1H3,(H,23,26). The maximum absolute atomic E-state index is 13.1. The van der Waals surface area contributed by atoms with Crippen LogP contribution in [0.15, 0.2) is 83.2 Å². The lowest BCUT2D eigenvalue weighted by Crippen LogP contribution is -2.13. The van der Waals surface area contributed by atoms with Crippen LogP contribution in [0, 0.1) is 0 Å². The lowest BCUT2D eigenvalue weighted by molar-refractivity contribution is 0.102. The number of nitrogens with zero attached hydrogens (tertiary/aromatic N) is 2. The molecule has 0 spiro atoms. The number of benzene rings is 2. The molecule has 0 atom stereocenters. The SMILES string of the molecule is CCS(=O)(=O)c1cccc(NC(=O)c2cn(-c3ccccc3)nc2-c2cccs2)c1. The Kier molecular flexibility index (Phi) is 5.52. The van der Waals surface area contributed by atoms with Gasteiger partial charge in [0.05, 0.1) is 26.8 Å². The van der Waals surface area contributed by atoms with Crippen LogP contribution in [0.1, 0.15) is 17.3 Å². The molecule has 8 heteroatoms. The summed E-state index contributed by atoms with van der Waals surface area (Å²) >= 11 is 1.50. The summed E-state index contributed by atoms with van der Waals surface area (Å²) in [5, 5.41) is 9.36. The summed E-state index contributed by atoms with van der Waals surface area (Å²) in [5.41, 5.74) is 2.23. The minimum Gasteiger partial charge on any atom is -0.322 e. The molecule has 152 valence electrons. The summed E-state index contributed by atoms with van der Waals surface area (Å²) in [6.07, 6.45) is 1.69. The predicted octanol–water partition coefficient (Wildman–Crippen LogP) is 4.65. The second-order valence-electron chi connectivity index (χ2n) is 6.53. The van der Waals surface area contributed by atoms with E-state index < -0.39 is 9.84 Å². The molecule has 0 saturated heterocycles. The van der Waals surface area contributed by atoms with Gasteiger partial charge in [0.1, 0.15) is 5.69 Å². The number of carbonyl (C=O) groups excluding carboxylic acids is 1. The molecular formula is C22H19N3O3S2. The van der Waals surface area contributed by atoms with Gasteiger partial charge < -0.3 is 5.32 Å². The van der Waals surface area contributed by atoms with Crippen LogP contribution in [0.3, 0.4) is 0 Å². The fourth-order valence-corrected chi connectivity index (χ4v) is 4.63. The molecule has 1 amide bonds. The highest BCUT2D eigenvalue weighted by atomic mass is 32.2. The van der Waals surface area contributed by atoms with Crippen molar-refractivity contribution in [1.82, 2.24) is 9.78 Å². The molecule has 4 aromatic rings. The van der Waals surface area contributed by atoms with Crippen molar-refractivity contribution in [3.63, 3.8) is 0 Å². The molecule has 0 unspecified atom stereocenters. The number of hydrogen-bond acceptors (Lipinski definition) is 5. The number of anilines is 1. The third-order valence-corrected chi connectivity index (χ3v) is 7.17. The molecule has 0 aliphatic carbocycles. The van der Waals surface area contributed by atoms with Gasteiger partial charge in [-0.2, -0.15) is 5.10 Å². The Labute approximate surface area is 178 Å². The Morgan fingerprint density at radius 3 is 2.57 bits per heavy atom. The van der Waals surface area contributed by atoms with E-state index in [9.17, 15) is 13.2 Å². The summed E-state index contributed by atoms with van der Waals surface area (Å²) in [7, 11) is -3.36. The topological polar surface area (TPSA) is 81.1 Å². The van der Waals surface area contributed by atoms with E-state index in [2.05, 4.69) is 10.4 Å². The average molecular weight is 438 g/mol. The molecule has 4 rings (SSSR count). The molecule has 2 aromatic carbocycles. The summed E-state index contributed by atoms with van der Waals surface area (Å²) in [6.45, 7) is 1.59. The highest BCUT2D eigenvalue weighted by molar-refractivity contribution is 7.91. The fourth-order valence-electron chi connectivity index (χ4n) is 2.98. The Hall–Kier alpha value is -3.23. The first-order valence-electron chi connectivity index (χ1n) is 9.31. The number of hydrogen-bond donors (Lipinski definition) is 1. The van der Waals surface area contributed by atoms with Crippen molar-refractivity contribution in [3.8, 4) is 16.3 Å². The van der Waals surface area contributed by atoms with Gasteiger partial charge >= 0.3 is 0 Å². The number of amides is 1. The normalized spacial score (nSPS) is 11.4. The van der Waals surface area contributed by atoms with E-state index in [0.717, 1.165) is 10.6 Å². The van der Waals surface area contributed by atoms with Crippen molar-refractivity contribution in [2.75, 3.05) is 11.1 Å². The minimum absolute atomic E-state index is 0.00320. The van der Waals surface area contributed by atoms with Gasteiger partial charge in [0.25, 0.3) is 5.91 Å². The molecule has 0 fully saturated rings. The zero-order chi connectivity index (χ0) is 21.1. The zero-order valence-electron chi connectivity index (χ0n) is 16.1. The molecule has 0 radical (unpaired) electrons. The first-order chi connectivity index (χ1) is 14.5. The largest absolute Gasteiger partial charge is 0.322 e. The van der Waals surface area contributed by atoms with Crippen LogP contribution in [-0.4, -0.2) is 29.9 Å². The van der Waals surface area contributed by atoms with Crippen LogP contribution in [-0.2, 0) is 9.84 Å². The highest BCUT2D eigenvalue weighted by Gasteiger charge is 2.20. The average Bonchev–Trinajstić information content (AvgIpc) is 3.44. The van der Waals surface area contributed by atoms with E-state index in [0.29, 0.717) is 16.9 Å². The Morgan fingerprint density at radius 2 is 1.87 bits per heavy atom. The highest BCUT2D eigenvalue weighted by Crippen LogP contribution is 2.28. The van der Waals surface area contributed by atoms with E-state index in [4.69, 9.17) is 0 Å². The van der Waals surface area contributed by atoms with Crippen LogP contribution in [0.2, 0.25) is 0 Å². The number of sulfone groups is 1. The van der Waals surface area contributed by atoms with Gasteiger partial charge in [-0.15, -0.1) is 11.3 Å². The molecule has 0 bridgehead atoms. The number of aromatic nitrogens is 2. The van der Waals surface area contributed by atoms with Crippen LogP contribution in [0.4, 0.5) is 5.69 Å². The second kappa shape index (κ2) is 8.25. The number of nitrogens with one attached hydrogen (secondary N) is 1. The molecule has 1 N–H and O–H groups in total. The van der Waals surface area contributed by atoms with Crippen molar-refractivity contribution in [3.05, 3.63) is 83.9 Å². The number of rotatable bonds is 6. The fraction of sp³-hybridized carbons (Fsp3) is 0.0909. The van der Waals surface area contributed by atoms with Crippen molar-refractivity contribution in [1.29, 1.82) is 0 Å². The third-order valence-electron chi connectivity index (χ3n) is 4.57. The van der Waals surface area contributed by atoms with Gasteiger partial charge in [0.15, 0.2) is 9.84 Å². The lowest BCUT2D eigenvalue weighted by Gasteiger charge is -2.07. The molecule has 6 nitrogen and oxygen atoms in total. The Morgan fingerprint density at radius 1 is 1.07 bits per heavy atom. The van der Waals surface area contributed by atoms with Crippen LogP contribution in [0.5, 0.6) is 0 Å². The Balaban J connectivity index is 1.71. The number of thiophene rings is 1. The van der Waals surface area contributed by atoms with Gasteiger partial charge in [0, 0.05) is 11.9 Å². The van der Waals surface area contributed by atoms with E-state index in [-0.39, 0.29) is 16.6 Å². The number of carbonyl (C=O) groups is 1. The molecule has 0 aliphatic rings. The van der Waals surface area contributed by atoms with Crippen LogP contribution < -0.4 is 5.32 Å². The Bertz CT molecular complexity index is 1280. The van der Waals surface area contributed by atoms with Crippen molar-refractivity contribution < 1.29 is 13.2 Å². The van der Waals surface area contributed by atoms with E-state index in [1.54, 1.807) is 29.9 Å². The maximum atomic E-state index is 13.1.